The number of halogens is 5. The van der Waals surface area contributed by atoms with Crippen LogP contribution < -0.4 is 5.32 Å². The lowest BCUT2D eigenvalue weighted by atomic mass is 10.1. The fourth-order valence-electron chi connectivity index (χ4n) is 2.22. The third kappa shape index (κ3) is 6.09. The minimum Gasteiger partial charge on any atom is -0.333 e. The van der Waals surface area contributed by atoms with E-state index in [0.717, 1.165) is 29.2 Å². The van der Waals surface area contributed by atoms with Crippen LogP contribution in [0.3, 0.4) is 0 Å². The summed E-state index contributed by atoms with van der Waals surface area (Å²) < 4.78 is 51.6. The topological polar surface area (TPSA) is 49.4 Å². The molecular weight excluding hydrogens is 400 g/mol. The molecule has 4 nitrogen and oxygen atoms in total. The van der Waals surface area contributed by atoms with Crippen LogP contribution in [0.2, 0.25) is 5.02 Å². The summed E-state index contributed by atoms with van der Waals surface area (Å²) >= 11 is 5.54. The van der Waals surface area contributed by atoms with Gasteiger partial charge in [-0.1, -0.05) is 23.7 Å². The van der Waals surface area contributed by atoms with E-state index in [9.17, 15) is 27.2 Å². The van der Waals surface area contributed by atoms with Crippen molar-refractivity contribution in [2.45, 2.75) is 6.18 Å². The molecule has 0 aromatic heterocycles. The Morgan fingerprint density at radius 3 is 2.54 bits per heavy atom. The molecule has 2 aromatic carbocycles. The third-order valence-corrected chi connectivity index (χ3v) is 3.91. The number of amides is 2. The summed E-state index contributed by atoms with van der Waals surface area (Å²) in [4.78, 5) is 25.0. The van der Waals surface area contributed by atoms with E-state index in [2.05, 4.69) is 5.32 Å². The van der Waals surface area contributed by atoms with E-state index in [4.69, 9.17) is 11.6 Å². The zero-order chi connectivity index (χ0) is 20.9. The number of likely N-dealkylation sites (N-methyl/N-ethyl adjacent to an activating group) is 1. The third-order valence-electron chi connectivity index (χ3n) is 3.58. The van der Waals surface area contributed by atoms with Gasteiger partial charge in [0.2, 0.25) is 11.8 Å². The minimum absolute atomic E-state index is 0.127. The van der Waals surface area contributed by atoms with Gasteiger partial charge in [-0.15, -0.1) is 0 Å². The van der Waals surface area contributed by atoms with E-state index in [1.54, 1.807) is 0 Å². The van der Waals surface area contributed by atoms with Crippen molar-refractivity contribution in [3.8, 4) is 0 Å². The zero-order valence-corrected chi connectivity index (χ0v) is 15.3. The normalized spacial score (nSPS) is 11.5. The van der Waals surface area contributed by atoms with Crippen molar-refractivity contribution in [1.82, 2.24) is 4.90 Å². The number of nitrogens with one attached hydrogen (secondary N) is 1. The van der Waals surface area contributed by atoms with Crippen LogP contribution in [-0.2, 0) is 15.8 Å². The fourth-order valence-corrected chi connectivity index (χ4v) is 2.44. The average molecular weight is 415 g/mol. The lowest BCUT2D eigenvalue weighted by Gasteiger charge is -2.15. The number of hydrogen-bond donors (Lipinski definition) is 1. The van der Waals surface area contributed by atoms with Gasteiger partial charge < -0.3 is 10.2 Å². The first-order chi connectivity index (χ1) is 13.1. The molecule has 0 aliphatic carbocycles. The first kappa shape index (κ1) is 21.4. The predicted octanol–water partition coefficient (Wildman–Crippen LogP) is 4.61. The second kappa shape index (κ2) is 8.88. The number of benzene rings is 2. The lowest BCUT2D eigenvalue weighted by Crippen LogP contribution is -2.33. The number of rotatable bonds is 5. The van der Waals surface area contributed by atoms with Gasteiger partial charge in [-0.3, -0.25) is 9.59 Å². The Morgan fingerprint density at radius 2 is 1.89 bits per heavy atom. The highest BCUT2D eigenvalue weighted by molar-refractivity contribution is 6.31. The van der Waals surface area contributed by atoms with Crippen molar-refractivity contribution in [3.05, 3.63) is 70.5 Å². The molecule has 9 heteroatoms. The van der Waals surface area contributed by atoms with E-state index >= 15 is 0 Å². The predicted molar refractivity (Wildman–Crippen MR) is 98.2 cm³/mol. The SMILES string of the molecule is CN(CC(=O)Nc1cccc(F)c1)C(=O)/C=C/c1ccc(Cl)c(C(F)(F)F)c1. The van der Waals surface area contributed by atoms with Gasteiger partial charge in [-0.25, -0.2) is 4.39 Å². The first-order valence-corrected chi connectivity index (χ1v) is 8.29. The maximum atomic E-state index is 13.1. The molecule has 0 bridgehead atoms. The van der Waals surface area contributed by atoms with Gasteiger partial charge in [0.15, 0.2) is 0 Å². The summed E-state index contributed by atoms with van der Waals surface area (Å²) in [5, 5.41) is 1.99. The van der Waals surface area contributed by atoms with Crippen molar-refractivity contribution in [3.63, 3.8) is 0 Å². The van der Waals surface area contributed by atoms with E-state index in [1.807, 2.05) is 0 Å². The van der Waals surface area contributed by atoms with E-state index < -0.39 is 34.4 Å². The highest BCUT2D eigenvalue weighted by atomic mass is 35.5. The maximum Gasteiger partial charge on any atom is 0.417 e. The van der Waals surface area contributed by atoms with Crippen LogP contribution in [0.15, 0.2) is 48.5 Å². The van der Waals surface area contributed by atoms with Gasteiger partial charge >= 0.3 is 6.18 Å². The largest absolute Gasteiger partial charge is 0.417 e. The number of anilines is 1. The molecule has 1 N–H and O–H groups in total. The van der Waals surface area contributed by atoms with Crippen molar-refractivity contribution in [1.29, 1.82) is 0 Å². The highest BCUT2D eigenvalue weighted by Gasteiger charge is 2.33. The minimum atomic E-state index is -4.61. The number of nitrogens with zero attached hydrogens (tertiary/aromatic N) is 1. The van der Waals surface area contributed by atoms with E-state index in [-0.39, 0.29) is 17.8 Å². The molecule has 2 amide bonds. The van der Waals surface area contributed by atoms with Gasteiger partial charge in [-0.2, -0.15) is 13.2 Å². The molecule has 2 aromatic rings. The molecular formula is C19H15ClF4N2O2. The average Bonchev–Trinajstić information content (AvgIpc) is 2.59. The summed E-state index contributed by atoms with van der Waals surface area (Å²) in [5.74, 6) is -1.68. The van der Waals surface area contributed by atoms with Crippen molar-refractivity contribution < 1.29 is 27.2 Å². The highest BCUT2D eigenvalue weighted by Crippen LogP contribution is 2.35. The molecule has 0 unspecified atom stereocenters. The van der Waals surface area contributed by atoms with Crippen LogP contribution in [0.25, 0.3) is 6.08 Å². The number of carbonyl (C=O) groups is 2. The van der Waals surface area contributed by atoms with Gasteiger partial charge in [0.05, 0.1) is 17.1 Å². The quantitative estimate of drug-likeness (QED) is 0.574. The Morgan fingerprint density at radius 1 is 1.18 bits per heavy atom. The Hall–Kier alpha value is -2.87. The summed E-state index contributed by atoms with van der Waals surface area (Å²) in [6.45, 7) is -0.325. The lowest BCUT2D eigenvalue weighted by molar-refractivity contribution is -0.137. The fraction of sp³-hybridized carbons (Fsp3) is 0.158. The smallest absolute Gasteiger partial charge is 0.333 e. The molecule has 0 spiro atoms. The molecule has 0 aliphatic rings. The summed E-state index contributed by atoms with van der Waals surface area (Å²) in [5.41, 5.74) is -0.642. The Balaban J connectivity index is 1.99. The Kier molecular flexibility index (Phi) is 6.80. The van der Waals surface area contributed by atoms with Crippen molar-refractivity contribution in [2.75, 3.05) is 18.9 Å². The van der Waals surface area contributed by atoms with Crippen LogP contribution in [0.4, 0.5) is 23.2 Å². The van der Waals surface area contributed by atoms with Crippen LogP contribution in [0.1, 0.15) is 11.1 Å². The van der Waals surface area contributed by atoms with Gasteiger partial charge in [0.1, 0.15) is 5.82 Å². The van der Waals surface area contributed by atoms with Gasteiger partial charge in [0, 0.05) is 18.8 Å². The molecule has 148 valence electrons. The molecule has 0 saturated heterocycles. The maximum absolute atomic E-state index is 13.1. The Labute approximate surface area is 163 Å². The van der Waals surface area contributed by atoms with Crippen LogP contribution >= 0.6 is 11.6 Å². The summed E-state index contributed by atoms with van der Waals surface area (Å²) in [6, 6.07) is 8.49. The molecule has 0 aliphatic heterocycles. The van der Waals surface area contributed by atoms with Crippen molar-refractivity contribution in [2.24, 2.45) is 0 Å². The van der Waals surface area contributed by atoms with Crippen LogP contribution in [0.5, 0.6) is 0 Å². The molecule has 0 fully saturated rings. The molecule has 0 atom stereocenters. The molecule has 0 radical (unpaired) electrons. The second-order valence-electron chi connectivity index (χ2n) is 5.82. The number of carbonyl (C=O) groups excluding carboxylic acids is 2. The van der Waals surface area contributed by atoms with Gasteiger partial charge in [-0.05, 0) is 42.0 Å². The Bertz CT molecular complexity index is 913. The summed E-state index contributed by atoms with van der Waals surface area (Å²) in [6.07, 6.45) is -2.38. The standard InChI is InChI=1S/C19H15ClF4N2O2/c1-26(11-17(27)25-14-4-2-3-13(21)10-14)18(28)8-6-12-5-7-16(20)15(9-12)19(22,23)24/h2-10H,11H2,1H3,(H,25,27)/b8-6+. The number of hydrogen-bond acceptors (Lipinski definition) is 2. The molecule has 28 heavy (non-hydrogen) atoms. The number of alkyl halides is 3. The molecule has 0 saturated carbocycles. The van der Waals surface area contributed by atoms with E-state index in [1.165, 1.54) is 37.4 Å². The summed E-state index contributed by atoms with van der Waals surface area (Å²) in [7, 11) is 1.35. The van der Waals surface area contributed by atoms with E-state index in [0.29, 0.717) is 0 Å². The van der Waals surface area contributed by atoms with Crippen LogP contribution in [-0.4, -0.2) is 30.3 Å². The first-order valence-electron chi connectivity index (χ1n) is 7.91. The van der Waals surface area contributed by atoms with Crippen LogP contribution in [0, 0.1) is 5.82 Å². The molecule has 0 heterocycles. The van der Waals surface area contributed by atoms with Gasteiger partial charge in [0.25, 0.3) is 0 Å². The molecule has 2 rings (SSSR count). The second-order valence-corrected chi connectivity index (χ2v) is 6.23. The zero-order valence-electron chi connectivity index (χ0n) is 14.6. The monoisotopic (exact) mass is 414 g/mol. The van der Waals surface area contributed by atoms with Crippen molar-refractivity contribution >= 4 is 35.2 Å².